The van der Waals surface area contributed by atoms with E-state index in [0.29, 0.717) is 5.75 Å². The second-order valence-corrected chi connectivity index (χ2v) is 5.78. The summed E-state index contributed by atoms with van der Waals surface area (Å²) < 4.78 is 11.0. The normalized spacial score (nSPS) is 9.24. The number of halogens is 3. The fraction of sp³-hybridized carbons (Fsp3) is 0.278. The summed E-state index contributed by atoms with van der Waals surface area (Å²) in [5, 5.41) is 0. The average Bonchev–Trinajstić information content (AvgIpc) is 2.46. The third-order valence-corrected chi connectivity index (χ3v) is 4.35. The standard InChI is InChI=1S/C18H20O3.3ClH.Ti/c1-10-6-8-15(20)17(12(10)3)18-13(4)11(2)7-9-16(18)21-14(5)19;;;;/h6-9,20H,1-5H3;3*1H;/q;;;;+4/p-4. The molecule has 3 nitrogen and oxygen atoms in total. The van der Waals surface area contributed by atoms with Gasteiger partial charge in [-0.2, -0.15) is 0 Å². The smallest absolute Gasteiger partial charge is 1.00 e. The Bertz CT molecular complexity index is 749. The summed E-state index contributed by atoms with van der Waals surface area (Å²) in [6.45, 7) is 9.63. The third kappa shape index (κ3) is 5.64. The van der Waals surface area contributed by atoms with Gasteiger partial charge in [-0.3, -0.25) is 0 Å². The summed E-state index contributed by atoms with van der Waals surface area (Å²) in [4.78, 5) is 11.4. The van der Waals surface area contributed by atoms with Gasteiger partial charge in [0.05, 0.1) is 0 Å². The molecule has 0 radical (unpaired) electrons. The van der Waals surface area contributed by atoms with E-state index in [2.05, 4.69) is 13.8 Å². The molecule has 2 rings (SSSR count). The van der Waals surface area contributed by atoms with E-state index in [1.165, 1.54) is 12.5 Å². The van der Waals surface area contributed by atoms with Crippen LogP contribution in [0.1, 0.15) is 29.2 Å². The van der Waals surface area contributed by atoms with Crippen molar-refractivity contribution < 1.29 is 70.9 Å². The zero-order valence-electron chi connectivity index (χ0n) is 14.7. The monoisotopic (exact) mass is 436 g/mol. The largest absolute Gasteiger partial charge is 1.00 e. The van der Waals surface area contributed by atoms with Gasteiger partial charge in [0.2, 0.25) is 0 Å². The molecule has 2 aromatic carbocycles. The molecular weight excluding hydrogens is 418 g/mol. The molecule has 0 spiro atoms. The van der Waals surface area contributed by atoms with Crippen molar-refractivity contribution in [3.8, 4) is 22.6 Å². The van der Waals surface area contributed by atoms with Crippen LogP contribution in [0, 0.1) is 27.7 Å². The van der Waals surface area contributed by atoms with Crippen molar-refractivity contribution in [3.63, 3.8) is 0 Å². The maximum Gasteiger partial charge on any atom is -1.00 e. The minimum absolute atomic E-state index is 0. The fourth-order valence-corrected chi connectivity index (χ4v) is 2.79. The van der Waals surface area contributed by atoms with E-state index in [4.69, 9.17) is 8.06 Å². The Morgan fingerprint density at radius 3 is 1.60 bits per heavy atom. The Morgan fingerprint density at radius 1 is 0.800 bits per heavy atom. The summed E-state index contributed by atoms with van der Waals surface area (Å²) in [5.41, 5.74) is 6.44. The van der Waals surface area contributed by atoms with Gasteiger partial charge in [0.1, 0.15) is 0 Å². The Labute approximate surface area is 180 Å². The van der Waals surface area contributed by atoms with Crippen LogP contribution >= 0.6 is 0 Å². The first-order valence-corrected chi connectivity index (χ1v) is 7.73. The number of esters is 1. The number of aryl methyl sites for hydroxylation is 2. The number of hydrogen-bond donors (Lipinski definition) is 0. The predicted molar refractivity (Wildman–Crippen MR) is 82.8 cm³/mol. The topological polar surface area (TPSA) is 35.5 Å². The summed E-state index contributed by atoms with van der Waals surface area (Å²) in [6.07, 6.45) is 0. The third-order valence-electron chi connectivity index (χ3n) is 4.01. The van der Waals surface area contributed by atoms with Crippen molar-refractivity contribution >= 4 is 5.97 Å². The molecule has 0 N–H and O–H groups in total. The van der Waals surface area contributed by atoms with Crippen LogP contribution < -0.4 is 45.3 Å². The SMILES string of the molecule is CC(=O)Oc1ccc(C)c(C)c1-c1c([O][Ti+3])ccc(C)c1C.[Cl-].[Cl-].[Cl-]. The van der Waals surface area contributed by atoms with E-state index in [0.717, 1.165) is 33.6 Å². The first-order valence-electron chi connectivity index (χ1n) is 7.09. The van der Waals surface area contributed by atoms with E-state index in [1.54, 1.807) is 20.8 Å². The number of benzene rings is 2. The van der Waals surface area contributed by atoms with Gasteiger partial charge in [0.25, 0.3) is 0 Å². The first-order chi connectivity index (χ1) is 10.4. The molecule has 0 aromatic heterocycles. The summed E-state index contributed by atoms with van der Waals surface area (Å²) in [7, 11) is 0. The molecule has 0 aliphatic rings. The molecule has 0 bridgehead atoms. The van der Waals surface area contributed by atoms with Crippen molar-refractivity contribution in [2.45, 2.75) is 34.6 Å². The zero-order valence-corrected chi connectivity index (χ0v) is 18.5. The molecule has 0 aliphatic carbocycles. The second kappa shape index (κ2) is 11.1. The molecule has 0 saturated heterocycles. The number of rotatable bonds is 3. The van der Waals surface area contributed by atoms with Gasteiger partial charge in [-0.25, -0.2) is 0 Å². The van der Waals surface area contributed by atoms with Crippen LogP contribution in [0.15, 0.2) is 24.3 Å². The number of carbonyl (C=O) groups is 1. The van der Waals surface area contributed by atoms with E-state index in [1.807, 2.05) is 38.1 Å². The molecule has 0 saturated carbocycles. The quantitative estimate of drug-likeness (QED) is 0.275. The van der Waals surface area contributed by atoms with Crippen molar-refractivity contribution in [2.24, 2.45) is 0 Å². The molecule has 0 heterocycles. The van der Waals surface area contributed by atoms with Gasteiger partial charge < -0.3 is 37.2 Å². The Kier molecular flexibility index (Phi) is 11.8. The predicted octanol–water partition coefficient (Wildman–Crippen LogP) is -4.63. The van der Waals surface area contributed by atoms with Crippen LogP contribution in [-0.4, -0.2) is 5.97 Å². The number of ether oxygens (including phenoxy) is 1. The Balaban J connectivity index is 0. The van der Waals surface area contributed by atoms with E-state index >= 15 is 0 Å². The van der Waals surface area contributed by atoms with Crippen LogP contribution in [0.4, 0.5) is 0 Å². The van der Waals surface area contributed by atoms with Gasteiger partial charge in [0, 0.05) is 0 Å². The van der Waals surface area contributed by atoms with Crippen molar-refractivity contribution in [2.75, 3.05) is 0 Å². The Hall–Kier alpha value is -0.706. The van der Waals surface area contributed by atoms with Gasteiger partial charge in [-0.15, -0.1) is 0 Å². The molecule has 0 atom stereocenters. The molecular formula is C18H19Cl3O3Ti. The molecule has 134 valence electrons. The minimum atomic E-state index is -0.325. The summed E-state index contributed by atoms with van der Waals surface area (Å²) in [6, 6.07) is 7.81. The van der Waals surface area contributed by atoms with Gasteiger partial charge >= 0.3 is 143 Å². The molecule has 7 heteroatoms. The molecule has 0 unspecified atom stereocenters. The summed E-state index contributed by atoms with van der Waals surface area (Å²) >= 11 is 1.66. The van der Waals surface area contributed by atoms with E-state index < -0.39 is 0 Å². The first kappa shape index (κ1) is 26.5. The van der Waals surface area contributed by atoms with Crippen LogP contribution in [0.3, 0.4) is 0 Å². The fourth-order valence-electron chi connectivity index (χ4n) is 2.53. The molecule has 0 aliphatic heterocycles. The van der Waals surface area contributed by atoms with E-state index in [-0.39, 0.29) is 43.2 Å². The molecule has 25 heavy (non-hydrogen) atoms. The zero-order chi connectivity index (χ0) is 16.4. The van der Waals surface area contributed by atoms with Crippen molar-refractivity contribution in [3.05, 3.63) is 46.5 Å². The maximum absolute atomic E-state index is 11.4. The van der Waals surface area contributed by atoms with Crippen LogP contribution in [0.2, 0.25) is 0 Å². The molecule has 2 aromatic rings. The van der Waals surface area contributed by atoms with Crippen LogP contribution in [-0.2, 0) is 25.6 Å². The second-order valence-electron chi connectivity index (χ2n) is 5.46. The van der Waals surface area contributed by atoms with Crippen LogP contribution in [0.25, 0.3) is 11.1 Å². The van der Waals surface area contributed by atoms with Gasteiger partial charge in [-0.1, -0.05) is 0 Å². The van der Waals surface area contributed by atoms with Crippen molar-refractivity contribution in [1.29, 1.82) is 0 Å². The van der Waals surface area contributed by atoms with Gasteiger partial charge in [0.15, 0.2) is 0 Å². The van der Waals surface area contributed by atoms with E-state index in [9.17, 15) is 4.79 Å². The minimum Gasteiger partial charge on any atom is -1.00 e. The van der Waals surface area contributed by atoms with Crippen LogP contribution in [0.5, 0.6) is 11.5 Å². The molecule has 0 amide bonds. The Morgan fingerprint density at radius 2 is 1.20 bits per heavy atom. The maximum atomic E-state index is 11.4. The van der Waals surface area contributed by atoms with Crippen molar-refractivity contribution in [1.82, 2.24) is 0 Å². The average molecular weight is 438 g/mol. The molecule has 0 fully saturated rings. The van der Waals surface area contributed by atoms with Gasteiger partial charge in [-0.05, 0) is 0 Å². The number of hydrogen-bond acceptors (Lipinski definition) is 3. The summed E-state index contributed by atoms with van der Waals surface area (Å²) in [5.74, 6) is 1.03. The number of carbonyl (C=O) groups excluding carboxylic acids is 1.